The van der Waals surface area contributed by atoms with E-state index in [2.05, 4.69) is 0 Å². The molecular formula is C9H8ClFO2. The summed E-state index contributed by atoms with van der Waals surface area (Å²) in [6, 6.07) is 3.97. The minimum atomic E-state index is -0.989. The molecule has 0 fully saturated rings. The van der Waals surface area contributed by atoms with E-state index in [4.69, 9.17) is 16.7 Å². The Morgan fingerprint density at radius 3 is 2.69 bits per heavy atom. The van der Waals surface area contributed by atoms with Crippen molar-refractivity contribution in [3.8, 4) is 0 Å². The fourth-order valence-corrected chi connectivity index (χ4v) is 1.31. The summed E-state index contributed by atoms with van der Waals surface area (Å²) >= 11 is 5.55. The van der Waals surface area contributed by atoms with Gasteiger partial charge < -0.3 is 5.11 Å². The van der Waals surface area contributed by atoms with Gasteiger partial charge in [0, 0.05) is 5.88 Å². The Labute approximate surface area is 80.0 Å². The molecule has 70 valence electrons. The molecule has 0 bridgehead atoms. The fraction of sp³-hybridized carbons (Fsp3) is 0.222. The van der Waals surface area contributed by atoms with Crippen molar-refractivity contribution in [1.82, 2.24) is 0 Å². The molecule has 0 aliphatic heterocycles. The van der Waals surface area contributed by atoms with Gasteiger partial charge in [-0.3, -0.25) is 4.79 Å². The number of benzene rings is 1. The zero-order valence-corrected chi connectivity index (χ0v) is 7.51. The first-order valence-electron chi connectivity index (χ1n) is 3.68. The Kier molecular flexibility index (Phi) is 3.25. The molecule has 0 aromatic heterocycles. The van der Waals surface area contributed by atoms with E-state index in [9.17, 15) is 9.18 Å². The fourth-order valence-electron chi connectivity index (χ4n) is 1.05. The number of carboxylic acids is 1. The molecule has 0 amide bonds. The van der Waals surface area contributed by atoms with Crippen LogP contribution >= 0.6 is 11.6 Å². The average Bonchev–Trinajstić information content (AvgIpc) is 2.03. The number of halogens is 2. The van der Waals surface area contributed by atoms with Crippen molar-refractivity contribution in [2.75, 3.05) is 0 Å². The van der Waals surface area contributed by atoms with Crippen LogP contribution in [0.5, 0.6) is 0 Å². The molecule has 0 radical (unpaired) electrons. The van der Waals surface area contributed by atoms with Gasteiger partial charge >= 0.3 is 5.97 Å². The van der Waals surface area contributed by atoms with Crippen LogP contribution < -0.4 is 0 Å². The molecule has 0 saturated carbocycles. The monoisotopic (exact) mass is 202 g/mol. The molecule has 0 unspecified atom stereocenters. The quantitative estimate of drug-likeness (QED) is 0.763. The van der Waals surface area contributed by atoms with Crippen molar-refractivity contribution in [3.63, 3.8) is 0 Å². The molecule has 0 heterocycles. The van der Waals surface area contributed by atoms with Crippen molar-refractivity contribution in [1.29, 1.82) is 0 Å². The Morgan fingerprint density at radius 2 is 2.15 bits per heavy atom. The van der Waals surface area contributed by atoms with Crippen molar-refractivity contribution in [3.05, 3.63) is 35.1 Å². The smallest absolute Gasteiger partial charge is 0.307 e. The maximum atomic E-state index is 12.7. The highest BCUT2D eigenvalue weighted by Crippen LogP contribution is 2.14. The van der Waals surface area contributed by atoms with Gasteiger partial charge in [-0.2, -0.15) is 0 Å². The van der Waals surface area contributed by atoms with E-state index in [0.717, 1.165) is 0 Å². The summed E-state index contributed by atoms with van der Waals surface area (Å²) in [6.45, 7) is 0. The number of aliphatic carboxylic acids is 1. The van der Waals surface area contributed by atoms with Crippen LogP contribution in [0.25, 0.3) is 0 Å². The number of alkyl halides is 1. The van der Waals surface area contributed by atoms with Crippen molar-refractivity contribution in [2.24, 2.45) is 0 Å². The van der Waals surface area contributed by atoms with Crippen LogP contribution in [-0.4, -0.2) is 11.1 Å². The summed E-state index contributed by atoms with van der Waals surface area (Å²) in [5.41, 5.74) is 1.09. The second kappa shape index (κ2) is 4.23. The second-order valence-electron chi connectivity index (χ2n) is 2.62. The van der Waals surface area contributed by atoms with Crippen LogP contribution in [0.15, 0.2) is 18.2 Å². The van der Waals surface area contributed by atoms with Crippen LogP contribution in [0.4, 0.5) is 4.39 Å². The van der Waals surface area contributed by atoms with Gasteiger partial charge in [0.15, 0.2) is 0 Å². The SMILES string of the molecule is O=C(O)Cc1cc(F)ccc1CCl. The van der Waals surface area contributed by atoms with Crippen LogP contribution in [0.2, 0.25) is 0 Å². The Morgan fingerprint density at radius 1 is 1.46 bits per heavy atom. The Bertz CT molecular complexity index is 325. The van der Waals surface area contributed by atoms with Gasteiger partial charge in [-0.15, -0.1) is 11.6 Å². The first-order valence-corrected chi connectivity index (χ1v) is 4.22. The van der Waals surface area contributed by atoms with E-state index in [1.165, 1.54) is 18.2 Å². The number of hydrogen-bond donors (Lipinski definition) is 1. The van der Waals surface area contributed by atoms with E-state index >= 15 is 0 Å². The van der Waals surface area contributed by atoms with E-state index in [1.54, 1.807) is 0 Å². The van der Waals surface area contributed by atoms with E-state index in [1.807, 2.05) is 0 Å². The van der Waals surface area contributed by atoms with Gasteiger partial charge in [0.1, 0.15) is 5.82 Å². The number of hydrogen-bond acceptors (Lipinski definition) is 1. The van der Waals surface area contributed by atoms with E-state index in [-0.39, 0.29) is 12.3 Å². The molecular weight excluding hydrogens is 195 g/mol. The standard InChI is InChI=1S/C9H8ClFO2/c10-5-6-1-2-8(11)3-7(6)4-9(12)13/h1-3H,4-5H2,(H,12,13). The third kappa shape index (κ3) is 2.70. The lowest BCUT2D eigenvalue weighted by molar-refractivity contribution is -0.136. The zero-order chi connectivity index (χ0) is 9.84. The van der Waals surface area contributed by atoms with Crippen molar-refractivity contribution < 1.29 is 14.3 Å². The molecule has 0 atom stereocenters. The predicted molar refractivity (Wildman–Crippen MR) is 47.3 cm³/mol. The summed E-state index contributed by atoms with van der Waals surface area (Å²) in [5, 5.41) is 8.51. The molecule has 2 nitrogen and oxygen atoms in total. The molecule has 0 aliphatic rings. The molecule has 1 aromatic carbocycles. The summed E-state index contributed by atoms with van der Waals surface area (Å²) in [6.07, 6.45) is -0.195. The lowest BCUT2D eigenvalue weighted by Crippen LogP contribution is -2.03. The maximum absolute atomic E-state index is 12.7. The minimum absolute atomic E-state index is 0.195. The largest absolute Gasteiger partial charge is 0.481 e. The van der Waals surface area contributed by atoms with Gasteiger partial charge in [-0.1, -0.05) is 6.07 Å². The highest BCUT2D eigenvalue weighted by molar-refractivity contribution is 6.17. The highest BCUT2D eigenvalue weighted by atomic mass is 35.5. The summed E-state index contributed by atoms with van der Waals surface area (Å²) < 4.78 is 12.7. The molecule has 1 aromatic rings. The first-order chi connectivity index (χ1) is 6.13. The normalized spacial score (nSPS) is 10.0. The topological polar surface area (TPSA) is 37.3 Å². The third-order valence-corrected chi connectivity index (χ3v) is 1.94. The minimum Gasteiger partial charge on any atom is -0.481 e. The lowest BCUT2D eigenvalue weighted by Gasteiger charge is -2.03. The number of carbonyl (C=O) groups is 1. The summed E-state index contributed by atoms with van der Waals surface area (Å²) in [5.74, 6) is -1.23. The first kappa shape index (κ1) is 9.99. The van der Waals surface area contributed by atoms with Gasteiger partial charge in [0.05, 0.1) is 6.42 Å². The van der Waals surface area contributed by atoms with Crippen LogP contribution in [0.3, 0.4) is 0 Å². The predicted octanol–water partition coefficient (Wildman–Crippen LogP) is 2.19. The van der Waals surface area contributed by atoms with E-state index in [0.29, 0.717) is 11.1 Å². The number of rotatable bonds is 3. The maximum Gasteiger partial charge on any atom is 0.307 e. The molecule has 1 rings (SSSR count). The van der Waals surface area contributed by atoms with Crippen molar-refractivity contribution >= 4 is 17.6 Å². The van der Waals surface area contributed by atoms with Gasteiger partial charge in [-0.25, -0.2) is 4.39 Å². The molecule has 0 saturated heterocycles. The second-order valence-corrected chi connectivity index (χ2v) is 2.88. The summed E-state index contributed by atoms with van der Waals surface area (Å²) in [7, 11) is 0. The van der Waals surface area contributed by atoms with Gasteiger partial charge in [0.25, 0.3) is 0 Å². The molecule has 1 N–H and O–H groups in total. The average molecular weight is 203 g/mol. The van der Waals surface area contributed by atoms with Crippen LogP contribution in [0.1, 0.15) is 11.1 Å². The molecule has 0 spiro atoms. The zero-order valence-electron chi connectivity index (χ0n) is 6.76. The molecule has 4 heteroatoms. The highest BCUT2D eigenvalue weighted by Gasteiger charge is 2.06. The third-order valence-electron chi connectivity index (χ3n) is 1.65. The van der Waals surface area contributed by atoms with Gasteiger partial charge in [0.2, 0.25) is 0 Å². The Balaban J connectivity index is 3.01. The lowest BCUT2D eigenvalue weighted by atomic mass is 10.1. The van der Waals surface area contributed by atoms with Crippen LogP contribution in [-0.2, 0) is 17.1 Å². The van der Waals surface area contributed by atoms with E-state index < -0.39 is 11.8 Å². The summed E-state index contributed by atoms with van der Waals surface area (Å²) in [4.78, 5) is 10.4. The molecule has 0 aliphatic carbocycles. The molecule has 13 heavy (non-hydrogen) atoms. The number of carboxylic acid groups (broad SMARTS) is 1. The van der Waals surface area contributed by atoms with Crippen molar-refractivity contribution in [2.45, 2.75) is 12.3 Å². The van der Waals surface area contributed by atoms with Gasteiger partial charge in [-0.05, 0) is 23.3 Å². The van der Waals surface area contributed by atoms with Crippen LogP contribution in [0, 0.1) is 5.82 Å². The Hall–Kier alpha value is -1.09.